The van der Waals surface area contributed by atoms with Gasteiger partial charge in [0.2, 0.25) is 0 Å². The minimum absolute atomic E-state index is 1.29. The van der Waals surface area contributed by atoms with Crippen molar-refractivity contribution in [2.75, 3.05) is 0 Å². The van der Waals surface area contributed by atoms with Crippen molar-refractivity contribution in [1.82, 2.24) is 0 Å². The number of hydrogen-bond acceptors (Lipinski definition) is 0. The van der Waals surface area contributed by atoms with Crippen LogP contribution in [0.2, 0.25) is 0 Å². The second-order valence-corrected chi connectivity index (χ2v) is 3.30. The number of rotatable bonds is 1. The molecule has 11 heavy (non-hydrogen) atoms. The van der Waals surface area contributed by atoms with Crippen molar-refractivity contribution in [3.05, 3.63) is 23.3 Å². The van der Waals surface area contributed by atoms with Crippen LogP contribution in [0, 0.1) is 0 Å². The highest BCUT2D eigenvalue weighted by Crippen LogP contribution is 2.22. The molecular weight excluding hydrogens is 132 g/mol. The van der Waals surface area contributed by atoms with Gasteiger partial charge in [-0.25, -0.2) is 0 Å². The van der Waals surface area contributed by atoms with Crippen LogP contribution in [0.1, 0.15) is 46.0 Å². The summed E-state index contributed by atoms with van der Waals surface area (Å²) in [6, 6.07) is 0. The summed E-state index contributed by atoms with van der Waals surface area (Å²) in [6.45, 7) is 4.35. The Kier molecular flexibility index (Phi) is 3.41. The molecule has 0 radical (unpaired) electrons. The van der Waals surface area contributed by atoms with Crippen molar-refractivity contribution < 1.29 is 0 Å². The van der Waals surface area contributed by atoms with Gasteiger partial charge in [0.25, 0.3) is 0 Å². The Labute approximate surface area is 70.0 Å². The molecule has 0 aliphatic heterocycles. The van der Waals surface area contributed by atoms with E-state index in [9.17, 15) is 0 Å². The first kappa shape index (κ1) is 8.58. The van der Waals surface area contributed by atoms with Gasteiger partial charge in [-0.15, -0.1) is 0 Å². The summed E-state index contributed by atoms with van der Waals surface area (Å²) in [4.78, 5) is 0. The summed E-state index contributed by atoms with van der Waals surface area (Å²) in [5.74, 6) is 0. The van der Waals surface area contributed by atoms with E-state index in [4.69, 9.17) is 0 Å². The Balaban J connectivity index is 2.60. The molecule has 0 saturated carbocycles. The highest BCUT2D eigenvalue weighted by molar-refractivity contribution is 5.28. The fourth-order valence-corrected chi connectivity index (χ4v) is 1.56. The van der Waals surface area contributed by atoms with Crippen LogP contribution in [-0.4, -0.2) is 0 Å². The monoisotopic (exact) mass is 150 g/mol. The Hall–Kier alpha value is -0.520. The molecule has 0 spiro atoms. The predicted octanol–water partition coefficient (Wildman–Crippen LogP) is 3.84. The van der Waals surface area contributed by atoms with Crippen molar-refractivity contribution in [3.8, 4) is 0 Å². The van der Waals surface area contributed by atoms with Gasteiger partial charge < -0.3 is 0 Å². The van der Waals surface area contributed by atoms with E-state index in [1.165, 1.54) is 37.7 Å². The van der Waals surface area contributed by atoms with Gasteiger partial charge in [-0.1, -0.05) is 24.1 Å². The summed E-state index contributed by atoms with van der Waals surface area (Å²) >= 11 is 0. The lowest BCUT2D eigenvalue weighted by molar-refractivity contribution is 0.712. The van der Waals surface area contributed by atoms with Crippen LogP contribution in [0.25, 0.3) is 0 Å². The predicted molar refractivity (Wildman–Crippen MR) is 50.6 cm³/mol. The third-order valence-corrected chi connectivity index (χ3v) is 2.48. The van der Waals surface area contributed by atoms with Crippen molar-refractivity contribution in [1.29, 1.82) is 0 Å². The Morgan fingerprint density at radius 2 is 2.18 bits per heavy atom. The maximum Gasteiger partial charge on any atom is -0.0280 e. The lowest BCUT2D eigenvalue weighted by Gasteiger charge is -2.03. The maximum atomic E-state index is 2.42. The van der Waals surface area contributed by atoms with Gasteiger partial charge in [0.1, 0.15) is 0 Å². The van der Waals surface area contributed by atoms with Gasteiger partial charge in [0.05, 0.1) is 0 Å². The third kappa shape index (κ3) is 2.53. The highest BCUT2D eigenvalue weighted by atomic mass is 14.1. The number of allylic oxidation sites excluding steroid dienone is 4. The Bertz CT molecular complexity index is 172. The first-order valence-electron chi connectivity index (χ1n) is 4.67. The van der Waals surface area contributed by atoms with Gasteiger partial charge in [-0.2, -0.15) is 0 Å². The zero-order valence-electron chi connectivity index (χ0n) is 7.69. The standard InChI is InChI=1S/C11H18/c1-3-10(2)11-8-6-4-5-7-9-11/h3,8H,4-7,9H2,1-2H3. The van der Waals surface area contributed by atoms with Crippen LogP contribution >= 0.6 is 0 Å². The average Bonchev–Trinajstić information content (AvgIpc) is 2.30. The second-order valence-electron chi connectivity index (χ2n) is 3.30. The van der Waals surface area contributed by atoms with Crippen LogP contribution < -0.4 is 0 Å². The molecule has 0 heterocycles. The molecule has 0 aromatic carbocycles. The van der Waals surface area contributed by atoms with Crippen molar-refractivity contribution >= 4 is 0 Å². The fraction of sp³-hybridized carbons (Fsp3) is 0.636. The van der Waals surface area contributed by atoms with E-state index in [2.05, 4.69) is 26.0 Å². The largest absolute Gasteiger partial charge is 0.0845 e. The van der Waals surface area contributed by atoms with Gasteiger partial charge in [-0.3, -0.25) is 0 Å². The van der Waals surface area contributed by atoms with Gasteiger partial charge in [-0.05, 0) is 45.1 Å². The molecule has 62 valence electrons. The smallest absolute Gasteiger partial charge is 0.0280 e. The van der Waals surface area contributed by atoms with Gasteiger partial charge in [0.15, 0.2) is 0 Å². The third-order valence-electron chi connectivity index (χ3n) is 2.48. The van der Waals surface area contributed by atoms with E-state index >= 15 is 0 Å². The summed E-state index contributed by atoms with van der Waals surface area (Å²) in [5, 5.41) is 0. The lowest BCUT2D eigenvalue weighted by atomic mass is 10.0. The molecule has 0 atom stereocenters. The van der Waals surface area contributed by atoms with Gasteiger partial charge in [0, 0.05) is 0 Å². The summed E-state index contributed by atoms with van der Waals surface area (Å²) in [6.07, 6.45) is 11.4. The van der Waals surface area contributed by atoms with Crippen LogP contribution in [0.3, 0.4) is 0 Å². The van der Waals surface area contributed by atoms with E-state index in [0.29, 0.717) is 0 Å². The van der Waals surface area contributed by atoms with Gasteiger partial charge >= 0.3 is 0 Å². The van der Waals surface area contributed by atoms with E-state index in [1.807, 2.05) is 0 Å². The van der Waals surface area contributed by atoms with E-state index in [1.54, 1.807) is 5.57 Å². The average molecular weight is 150 g/mol. The van der Waals surface area contributed by atoms with Crippen LogP contribution in [-0.2, 0) is 0 Å². The molecule has 0 saturated heterocycles. The number of hydrogen-bond donors (Lipinski definition) is 0. The normalized spacial score (nSPS) is 20.9. The van der Waals surface area contributed by atoms with E-state index < -0.39 is 0 Å². The van der Waals surface area contributed by atoms with Crippen LogP contribution in [0.4, 0.5) is 0 Å². The second kappa shape index (κ2) is 4.38. The minimum Gasteiger partial charge on any atom is -0.0845 e. The quantitative estimate of drug-likeness (QED) is 0.532. The molecule has 1 rings (SSSR count). The minimum atomic E-state index is 1.29. The van der Waals surface area contributed by atoms with E-state index in [0.717, 1.165) is 0 Å². The first-order chi connectivity index (χ1) is 5.34. The fourth-order valence-electron chi connectivity index (χ4n) is 1.56. The van der Waals surface area contributed by atoms with Crippen molar-refractivity contribution in [2.24, 2.45) is 0 Å². The summed E-state index contributed by atoms with van der Waals surface area (Å²) in [5.41, 5.74) is 3.07. The molecular formula is C11H18. The molecule has 1 aliphatic rings. The SMILES string of the molecule is CC=C(C)C1=CCCCCC1. The topological polar surface area (TPSA) is 0 Å². The zero-order valence-corrected chi connectivity index (χ0v) is 7.69. The highest BCUT2D eigenvalue weighted by Gasteiger charge is 2.02. The molecule has 0 N–H and O–H groups in total. The van der Waals surface area contributed by atoms with Crippen LogP contribution in [0.15, 0.2) is 23.3 Å². The Morgan fingerprint density at radius 3 is 2.91 bits per heavy atom. The van der Waals surface area contributed by atoms with Crippen molar-refractivity contribution in [3.63, 3.8) is 0 Å². The van der Waals surface area contributed by atoms with Crippen molar-refractivity contribution in [2.45, 2.75) is 46.0 Å². The molecule has 0 unspecified atom stereocenters. The molecule has 0 amide bonds. The molecule has 0 aromatic heterocycles. The molecule has 0 aromatic rings. The lowest BCUT2D eigenvalue weighted by Crippen LogP contribution is -1.83. The molecule has 0 heteroatoms. The molecule has 0 fully saturated rings. The summed E-state index contributed by atoms with van der Waals surface area (Å²) < 4.78 is 0. The van der Waals surface area contributed by atoms with Crippen LogP contribution in [0.5, 0.6) is 0 Å². The molecule has 1 aliphatic carbocycles. The molecule has 0 bridgehead atoms. The maximum absolute atomic E-state index is 2.42. The Morgan fingerprint density at radius 1 is 1.36 bits per heavy atom. The van der Waals surface area contributed by atoms with E-state index in [-0.39, 0.29) is 0 Å². The first-order valence-corrected chi connectivity index (χ1v) is 4.67. The zero-order chi connectivity index (χ0) is 8.10. The summed E-state index contributed by atoms with van der Waals surface area (Å²) in [7, 11) is 0. The molecule has 0 nitrogen and oxygen atoms in total.